The second-order valence-corrected chi connectivity index (χ2v) is 7.34. The van der Waals surface area contributed by atoms with E-state index in [0.29, 0.717) is 6.54 Å². The topological polar surface area (TPSA) is 54.9 Å². The minimum Gasteiger partial charge on any atom is -0.497 e. The molecule has 0 unspecified atom stereocenters. The number of benzene rings is 2. The lowest BCUT2D eigenvalue weighted by atomic mass is 9.72. The lowest BCUT2D eigenvalue weighted by molar-refractivity contribution is 0.0512. The summed E-state index contributed by atoms with van der Waals surface area (Å²) in [5, 5.41) is 6.97. The predicted octanol–water partition coefficient (Wildman–Crippen LogP) is 3.42. The number of hydrogen-bond acceptors (Lipinski definition) is 3. The van der Waals surface area contributed by atoms with E-state index < -0.39 is 0 Å². The van der Waals surface area contributed by atoms with E-state index in [0.717, 1.165) is 49.9 Å². The minimum atomic E-state index is 0.0666. The van der Waals surface area contributed by atoms with Crippen LogP contribution in [0.5, 0.6) is 5.75 Å². The molecule has 0 bridgehead atoms. The molecular weight excluding hydrogens is 350 g/mol. The normalized spacial score (nSPS) is 16.5. The second-order valence-electron chi connectivity index (χ2n) is 7.34. The summed E-state index contributed by atoms with van der Waals surface area (Å²) < 4.78 is 11.0. The summed E-state index contributed by atoms with van der Waals surface area (Å²) in [4.78, 5) is 4.41. The van der Waals surface area contributed by atoms with E-state index >= 15 is 0 Å². The third kappa shape index (κ3) is 4.84. The molecule has 2 aromatic rings. The van der Waals surface area contributed by atoms with Gasteiger partial charge in [0.05, 0.1) is 7.11 Å². The van der Waals surface area contributed by atoms with Crippen molar-refractivity contribution in [1.82, 2.24) is 10.6 Å². The lowest BCUT2D eigenvalue weighted by Gasteiger charge is -2.39. The van der Waals surface area contributed by atoms with Crippen molar-refractivity contribution < 1.29 is 9.47 Å². The first-order valence-corrected chi connectivity index (χ1v) is 9.88. The van der Waals surface area contributed by atoms with Crippen molar-refractivity contribution in [1.29, 1.82) is 0 Å². The Labute approximate surface area is 168 Å². The van der Waals surface area contributed by atoms with E-state index in [1.54, 1.807) is 7.11 Å². The van der Waals surface area contributed by atoms with Crippen molar-refractivity contribution in [2.24, 2.45) is 4.99 Å². The van der Waals surface area contributed by atoms with E-state index in [1.165, 1.54) is 11.1 Å². The van der Waals surface area contributed by atoms with Gasteiger partial charge in [0, 0.05) is 38.8 Å². The monoisotopic (exact) mass is 381 g/mol. The van der Waals surface area contributed by atoms with Crippen LogP contribution in [0.2, 0.25) is 0 Å². The van der Waals surface area contributed by atoms with E-state index in [2.05, 4.69) is 52.9 Å². The highest BCUT2D eigenvalue weighted by molar-refractivity contribution is 5.79. The molecule has 0 amide bonds. The Bertz CT molecular complexity index is 798. The lowest BCUT2D eigenvalue weighted by Crippen LogP contribution is -2.48. The number of hydrogen-bond donors (Lipinski definition) is 2. The highest BCUT2D eigenvalue weighted by atomic mass is 16.5. The first-order chi connectivity index (χ1) is 13.7. The molecule has 0 atom stereocenters. The number of methoxy groups -OCH3 is 1. The number of ether oxygens (including phenoxy) is 2. The molecule has 1 fully saturated rings. The molecule has 5 heteroatoms. The average Bonchev–Trinajstić information content (AvgIpc) is 2.75. The molecule has 0 aromatic heterocycles. The fraction of sp³-hybridized carbons (Fsp3) is 0.435. The smallest absolute Gasteiger partial charge is 0.191 e. The fourth-order valence-electron chi connectivity index (χ4n) is 3.91. The van der Waals surface area contributed by atoms with Gasteiger partial charge in [-0.2, -0.15) is 0 Å². The van der Waals surface area contributed by atoms with Gasteiger partial charge in [-0.3, -0.25) is 4.99 Å². The van der Waals surface area contributed by atoms with Crippen LogP contribution in [-0.2, 0) is 16.7 Å². The molecule has 3 rings (SSSR count). The van der Waals surface area contributed by atoms with Gasteiger partial charge in [-0.1, -0.05) is 36.4 Å². The van der Waals surface area contributed by atoms with Crippen LogP contribution in [0.1, 0.15) is 29.5 Å². The quantitative estimate of drug-likeness (QED) is 0.595. The maximum atomic E-state index is 5.66. The van der Waals surface area contributed by atoms with Crippen LogP contribution in [0.3, 0.4) is 0 Å². The zero-order valence-corrected chi connectivity index (χ0v) is 17.1. The molecule has 0 spiro atoms. The van der Waals surface area contributed by atoms with Crippen molar-refractivity contribution in [3.63, 3.8) is 0 Å². The third-order valence-corrected chi connectivity index (χ3v) is 5.58. The van der Waals surface area contributed by atoms with Gasteiger partial charge in [-0.25, -0.2) is 0 Å². The van der Waals surface area contributed by atoms with Gasteiger partial charge in [0.15, 0.2) is 5.96 Å². The predicted molar refractivity (Wildman–Crippen MR) is 114 cm³/mol. The van der Waals surface area contributed by atoms with E-state index in [4.69, 9.17) is 9.47 Å². The third-order valence-electron chi connectivity index (χ3n) is 5.58. The van der Waals surface area contributed by atoms with Gasteiger partial charge < -0.3 is 20.1 Å². The zero-order valence-electron chi connectivity index (χ0n) is 17.1. The zero-order chi connectivity index (χ0) is 19.8. The van der Waals surface area contributed by atoms with Crippen LogP contribution in [-0.4, -0.2) is 39.9 Å². The van der Waals surface area contributed by atoms with Gasteiger partial charge in [-0.05, 0) is 48.6 Å². The van der Waals surface area contributed by atoms with Crippen LogP contribution in [0.25, 0.3) is 0 Å². The summed E-state index contributed by atoms with van der Waals surface area (Å²) in [5.41, 5.74) is 3.97. The maximum Gasteiger partial charge on any atom is 0.191 e. The van der Waals surface area contributed by atoms with Gasteiger partial charge >= 0.3 is 0 Å². The van der Waals surface area contributed by atoms with Crippen molar-refractivity contribution in [2.75, 3.05) is 33.9 Å². The molecule has 1 aliphatic heterocycles. The number of aryl methyl sites for hydroxylation is 1. The maximum absolute atomic E-state index is 5.66. The molecule has 0 saturated carbocycles. The summed E-state index contributed by atoms with van der Waals surface area (Å²) in [5.74, 6) is 1.67. The summed E-state index contributed by atoms with van der Waals surface area (Å²) in [6.45, 7) is 5.32. The Morgan fingerprint density at radius 3 is 2.61 bits per heavy atom. The Balaban J connectivity index is 1.67. The van der Waals surface area contributed by atoms with Crippen molar-refractivity contribution in [2.45, 2.75) is 31.7 Å². The van der Waals surface area contributed by atoms with E-state index in [9.17, 15) is 0 Å². The Kier molecular flexibility index (Phi) is 6.93. The molecule has 1 heterocycles. The molecule has 1 saturated heterocycles. The molecule has 0 aliphatic carbocycles. The molecule has 2 aromatic carbocycles. The molecule has 2 N–H and O–H groups in total. The SMILES string of the molecule is CN=C(NCc1cccc(OC)c1)NCC1(c2ccccc2C)CCOCC1. The van der Waals surface area contributed by atoms with Gasteiger partial charge in [0.2, 0.25) is 0 Å². The van der Waals surface area contributed by atoms with Crippen LogP contribution in [0.4, 0.5) is 0 Å². The van der Waals surface area contributed by atoms with Crippen LogP contribution in [0, 0.1) is 6.92 Å². The molecule has 1 aliphatic rings. The average molecular weight is 382 g/mol. The van der Waals surface area contributed by atoms with Crippen molar-refractivity contribution in [3.8, 4) is 5.75 Å². The van der Waals surface area contributed by atoms with Crippen molar-refractivity contribution in [3.05, 3.63) is 65.2 Å². The first kappa shape index (κ1) is 20.2. The highest BCUT2D eigenvalue weighted by Crippen LogP contribution is 2.36. The first-order valence-electron chi connectivity index (χ1n) is 9.88. The summed E-state index contributed by atoms with van der Waals surface area (Å²) in [6, 6.07) is 16.8. The summed E-state index contributed by atoms with van der Waals surface area (Å²) in [7, 11) is 3.50. The number of nitrogens with one attached hydrogen (secondary N) is 2. The van der Waals surface area contributed by atoms with Gasteiger partial charge in [0.25, 0.3) is 0 Å². The highest BCUT2D eigenvalue weighted by Gasteiger charge is 2.35. The van der Waals surface area contributed by atoms with Gasteiger partial charge in [-0.15, -0.1) is 0 Å². The molecule has 28 heavy (non-hydrogen) atoms. The number of rotatable bonds is 6. The molecule has 150 valence electrons. The Hall–Kier alpha value is -2.53. The molecule has 5 nitrogen and oxygen atoms in total. The van der Waals surface area contributed by atoms with E-state index in [1.807, 2.05) is 25.2 Å². The number of aliphatic imine (C=N–C) groups is 1. The van der Waals surface area contributed by atoms with Gasteiger partial charge in [0.1, 0.15) is 5.75 Å². The van der Waals surface area contributed by atoms with E-state index in [-0.39, 0.29) is 5.41 Å². The van der Waals surface area contributed by atoms with Crippen LogP contribution >= 0.6 is 0 Å². The second kappa shape index (κ2) is 9.60. The standard InChI is InChI=1S/C23H31N3O2/c1-18-7-4-5-10-21(18)23(11-13-28-14-12-23)17-26-22(24-2)25-16-19-8-6-9-20(15-19)27-3/h4-10,15H,11-14,16-17H2,1-3H3,(H2,24,25,26). The summed E-state index contributed by atoms with van der Waals surface area (Å²) >= 11 is 0. The van der Waals surface area contributed by atoms with Crippen LogP contribution in [0.15, 0.2) is 53.5 Å². The Morgan fingerprint density at radius 2 is 1.89 bits per heavy atom. The largest absolute Gasteiger partial charge is 0.497 e. The molecular formula is C23H31N3O2. The Morgan fingerprint density at radius 1 is 1.11 bits per heavy atom. The molecule has 0 radical (unpaired) electrons. The number of nitrogens with zero attached hydrogens (tertiary/aromatic N) is 1. The van der Waals surface area contributed by atoms with Crippen LogP contribution < -0.4 is 15.4 Å². The summed E-state index contributed by atoms with van der Waals surface area (Å²) in [6.07, 6.45) is 2.02. The fourth-order valence-corrected chi connectivity index (χ4v) is 3.91. The number of guanidine groups is 1. The van der Waals surface area contributed by atoms with Crippen molar-refractivity contribution >= 4 is 5.96 Å². The minimum absolute atomic E-state index is 0.0666.